The Hall–Kier alpha value is -2.92. The molecule has 0 fully saturated rings. The van der Waals surface area contributed by atoms with E-state index >= 15 is 0 Å². The first kappa shape index (κ1) is 20.8. The summed E-state index contributed by atoms with van der Waals surface area (Å²) in [6.07, 6.45) is 0.936. The summed E-state index contributed by atoms with van der Waals surface area (Å²) in [5.41, 5.74) is 1.88. The smallest absolute Gasteiger partial charge is 0.264 e. The lowest BCUT2D eigenvalue weighted by Crippen LogP contribution is -2.39. The second-order valence-corrected chi connectivity index (χ2v) is 7.20. The maximum absolute atomic E-state index is 13.2. The maximum Gasteiger partial charge on any atom is 0.264 e. The first-order chi connectivity index (χ1) is 14.0. The molecule has 0 saturated carbocycles. The van der Waals surface area contributed by atoms with Crippen molar-refractivity contribution in [3.05, 3.63) is 82.8 Å². The van der Waals surface area contributed by atoms with Gasteiger partial charge >= 0.3 is 0 Å². The van der Waals surface area contributed by atoms with Gasteiger partial charge < -0.3 is 18.8 Å². The maximum atomic E-state index is 13.2. The molecule has 152 valence electrons. The number of hydrogen-bond acceptors (Lipinski definition) is 4. The molecule has 0 spiro atoms. The van der Waals surface area contributed by atoms with Gasteiger partial charge in [0.05, 0.1) is 19.9 Å². The van der Waals surface area contributed by atoms with Gasteiger partial charge in [0.1, 0.15) is 17.3 Å². The Kier molecular flexibility index (Phi) is 6.83. The van der Waals surface area contributed by atoms with E-state index in [1.165, 1.54) is 0 Å². The highest BCUT2D eigenvalue weighted by molar-refractivity contribution is 6.31. The number of benzene rings is 2. The lowest BCUT2D eigenvalue weighted by molar-refractivity contribution is -0.139. The Balaban J connectivity index is 1.75. The summed E-state index contributed by atoms with van der Waals surface area (Å²) in [4.78, 5) is 14.9. The van der Waals surface area contributed by atoms with Gasteiger partial charge in [0, 0.05) is 11.6 Å². The normalized spacial score (nSPS) is 11.7. The molecule has 0 N–H and O–H groups in total. The van der Waals surface area contributed by atoms with Crippen LogP contribution < -0.4 is 9.47 Å². The molecule has 0 unspecified atom stereocenters. The monoisotopic (exact) mass is 413 g/mol. The molecule has 0 aliphatic rings. The first-order valence-corrected chi connectivity index (χ1v) is 9.71. The predicted octanol–water partition coefficient (Wildman–Crippen LogP) is 5.25. The standard InChI is InChI=1S/C23H24ClNO4/c1-16-13-20(10-11-22(16)24)29-17(2)23(26)25(15-21-5-4-12-28-21)14-18-6-8-19(27-3)9-7-18/h4-13,17H,14-15H2,1-3H3/t17-/m1/s1. The van der Waals surface area contributed by atoms with E-state index < -0.39 is 6.10 Å². The summed E-state index contributed by atoms with van der Waals surface area (Å²) in [7, 11) is 1.62. The minimum atomic E-state index is -0.663. The van der Waals surface area contributed by atoms with Crippen LogP contribution in [0.1, 0.15) is 23.8 Å². The molecular formula is C23H24ClNO4. The van der Waals surface area contributed by atoms with Gasteiger partial charge in [0.25, 0.3) is 5.91 Å². The predicted molar refractivity (Wildman–Crippen MR) is 112 cm³/mol. The van der Waals surface area contributed by atoms with Crippen LogP contribution >= 0.6 is 11.6 Å². The average Bonchev–Trinajstić information content (AvgIpc) is 3.23. The third-order valence-corrected chi connectivity index (χ3v) is 4.99. The fraction of sp³-hybridized carbons (Fsp3) is 0.261. The Morgan fingerprint density at radius 1 is 1.10 bits per heavy atom. The molecule has 0 radical (unpaired) electrons. The van der Waals surface area contributed by atoms with Crippen molar-refractivity contribution in [2.24, 2.45) is 0 Å². The summed E-state index contributed by atoms with van der Waals surface area (Å²) in [5, 5.41) is 0.662. The van der Waals surface area contributed by atoms with E-state index in [4.69, 9.17) is 25.5 Å². The van der Waals surface area contributed by atoms with Gasteiger partial charge in [-0.05, 0) is 67.4 Å². The van der Waals surface area contributed by atoms with Crippen LogP contribution in [0, 0.1) is 6.92 Å². The highest BCUT2D eigenvalue weighted by Gasteiger charge is 2.23. The molecule has 0 saturated heterocycles. The summed E-state index contributed by atoms with van der Waals surface area (Å²) in [6, 6.07) is 16.6. The zero-order chi connectivity index (χ0) is 20.8. The number of carbonyl (C=O) groups is 1. The van der Waals surface area contributed by atoms with Crippen molar-refractivity contribution in [2.45, 2.75) is 33.0 Å². The summed E-state index contributed by atoms with van der Waals surface area (Å²) in [5.74, 6) is 1.95. The van der Waals surface area contributed by atoms with Gasteiger partial charge in [-0.1, -0.05) is 23.7 Å². The largest absolute Gasteiger partial charge is 0.497 e. The van der Waals surface area contributed by atoms with E-state index in [1.54, 1.807) is 37.3 Å². The van der Waals surface area contributed by atoms with Crippen LogP contribution in [0.15, 0.2) is 65.3 Å². The molecule has 0 aliphatic carbocycles. The van der Waals surface area contributed by atoms with Crippen LogP contribution in [0.5, 0.6) is 11.5 Å². The molecule has 29 heavy (non-hydrogen) atoms. The molecule has 1 aromatic heterocycles. The number of amides is 1. The Morgan fingerprint density at radius 3 is 2.45 bits per heavy atom. The Morgan fingerprint density at radius 2 is 1.83 bits per heavy atom. The molecule has 3 rings (SSSR count). The zero-order valence-corrected chi connectivity index (χ0v) is 17.5. The molecule has 5 nitrogen and oxygen atoms in total. The van der Waals surface area contributed by atoms with Crippen LogP contribution in [0.3, 0.4) is 0 Å². The van der Waals surface area contributed by atoms with Crippen molar-refractivity contribution in [1.82, 2.24) is 4.90 Å². The average molecular weight is 414 g/mol. The molecule has 1 atom stereocenters. The van der Waals surface area contributed by atoms with Gasteiger partial charge in [-0.3, -0.25) is 4.79 Å². The number of carbonyl (C=O) groups excluding carboxylic acids is 1. The van der Waals surface area contributed by atoms with Crippen molar-refractivity contribution in [2.75, 3.05) is 7.11 Å². The van der Waals surface area contributed by atoms with E-state index in [0.29, 0.717) is 29.6 Å². The van der Waals surface area contributed by atoms with Crippen molar-refractivity contribution >= 4 is 17.5 Å². The van der Waals surface area contributed by atoms with Crippen molar-refractivity contribution in [3.8, 4) is 11.5 Å². The van der Waals surface area contributed by atoms with Crippen LogP contribution in [-0.2, 0) is 17.9 Å². The van der Waals surface area contributed by atoms with Gasteiger partial charge in [0.15, 0.2) is 6.10 Å². The molecule has 0 bridgehead atoms. The number of hydrogen-bond donors (Lipinski definition) is 0. The molecule has 1 amide bonds. The Bertz CT molecular complexity index is 938. The molecular weight excluding hydrogens is 390 g/mol. The molecule has 3 aromatic rings. The molecule has 0 aliphatic heterocycles. The highest BCUT2D eigenvalue weighted by atomic mass is 35.5. The van der Waals surface area contributed by atoms with Crippen LogP contribution in [-0.4, -0.2) is 24.0 Å². The summed E-state index contributed by atoms with van der Waals surface area (Å²) in [6.45, 7) is 4.42. The first-order valence-electron chi connectivity index (χ1n) is 9.33. The van der Waals surface area contributed by atoms with E-state index in [-0.39, 0.29) is 5.91 Å². The van der Waals surface area contributed by atoms with Gasteiger partial charge in [0.2, 0.25) is 0 Å². The van der Waals surface area contributed by atoms with Crippen LogP contribution in [0.2, 0.25) is 5.02 Å². The van der Waals surface area contributed by atoms with Crippen molar-refractivity contribution in [3.63, 3.8) is 0 Å². The number of furan rings is 1. The topological polar surface area (TPSA) is 51.9 Å². The molecule has 2 aromatic carbocycles. The second-order valence-electron chi connectivity index (χ2n) is 6.79. The quantitative estimate of drug-likeness (QED) is 0.506. The van der Waals surface area contributed by atoms with E-state index in [2.05, 4.69) is 0 Å². The number of methoxy groups -OCH3 is 1. The van der Waals surface area contributed by atoms with E-state index in [1.807, 2.05) is 49.4 Å². The van der Waals surface area contributed by atoms with Gasteiger partial charge in [-0.15, -0.1) is 0 Å². The molecule has 6 heteroatoms. The van der Waals surface area contributed by atoms with Crippen molar-refractivity contribution < 1.29 is 18.7 Å². The Labute approximate surface area is 175 Å². The van der Waals surface area contributed by atoms with Gasteiger partial charge in [-0.2, -0.15) is 0 Å². The van der Waals surface area contributed by atoms with E-state index in [9.17, 15) is 4.79 Å². The fourth-order valence-electron chi connectivity index (χ4n) is 2.96. The van der Waals surface area contributed by atoms with Gasteiger partial charge in [-0.25, -0.2) is 0 Å². The number of aryl methyl sites for hydroxylation is 1. The summed E-state index contributed by atoms with van der Waals surface area (Å²) < 4.78 is 16.5. The zero-order valence-electron chi connectivity index (χ0n) is 16.7. The lowest BCUT2D eigenvalue weighted by Gasteiger charge is -2.26. The minimum absolute atomic E-state index is 0.134. The second kappa shape index (κ2) is 9.52. The number of nitrogens with zero attached hydrogens (tertiary/aromatic N) is 1. The minimum Gasteiger partial charge on any atom is -0.497 e. The highest BCUT2D eigenvalue weighted by Crippen LogP contribution is 2.23. The third-order valence-electron chi connectivity index (χ3n) is 4.56. The fourth-order valence-corrected chi connectivity index (χ4v) is 3.07. The van der Waals surface area contributed by atoms with E-state index in [0.717, 1.165) is 16.9 Å². The SMILES string of the molecule is COc1ccc(CN(Cc2ccco2)C(=O)[C@@H](C)Oc2ccc(Cl)c(C)c2)cc1. The number of ether oxygens (including phenoxy) is 2. The number of halogens is 1. The van der Waals surface area contributed by atoms with Crippen LogP contribution in [0.25, 0.3) is 0 Å². The van der Waals surface area contributed by atoms with Crippen molar-refractivity contribution in [1.29, 1.82) is 0 Å². The van der Waals surface area contributed by atoms with Crippen LogP contribution in [0.4, 0.5) is 0 Å². The third kappa shape index (κ3) is 5.55. The number of rotatable bonds is 8. The lowest BCUT2D eigenvalue weighted by atomic mass is 10.2. The summed E-state index contributed by atoms with van der Waals surface area (Å²) >= 11 is 6.07. The molecule has 1 heterocycles.